The van der Waals surface area contributed by atoms with Crippen LogP contribution in [0.5, 0.6) is 5.75 Å². The van der Waals surface area contributed by atoms with Crippen LogP contribution in [0.2, 0.25) is 0 Å². The van der Waals surface area contributed by atoms with E-state index in [1.165, 1.54) is 17.5 Å². The number of ether oxygens (including phenoxy) is 1. The third kappa shape index (κ3) is 7.51. The van der Waals surface area contributed by atoms with Gasteiger partial charge in [0.05, 0.1) is 12.3 Å². The number of fused-ring (bicyclic) bond motifs is 1. The van der Waals surface area contributed by atoms with Gasteiger partial charge in [-0.3, -0.25) is 19.5 Å². The highest BCUT2D eigenvalue weighted by atomic mass is 16.5. The van der Waals surface area contributed by atoms with Gasteiger partial charge < -0.3 is 24.5 Å². The van der Waals surface area contributed by atoms with Crippen molar-refractivity contribution in [2.75, 3.05) is 32.7 Å². The molecule has 2 N–H and O–H groups in total. The van der Waals surface area contributed by atoms with Crippen molar-refractivity contribution in [1.29, 1.82) is 0 Å². The number of likely N-dealkylation sites (tertiary alicyclic amines) is 1. The molecule has 0 aliphatic carbocycles. The number of β-amino-alcohol motifs (C(OH)–C–C–N with tert-alkyl or cyclic N) is 1. The van der Waals surface area contributed by atoms with Gasteiger partial charge in [0.25, 0.3) is 5.91 Å². The van der Waals surface area contributed by atoms with Crippen molar-refractivity contribution >= 4 is 11.8 Å². The Hall–Kier alpha value is -3.76. The lowest BCUT2D eigenvalue weighted by Gasteiger charge is -2.31. The molecule has 1 saturated heterocycles. The number of aromatic nitrogens is 2. The van der Waals surface area contributed by atoms with Gasteiger partial charge in [-0.15, -0.1) is 0 Å². The second-order valence-corrected chi connectivity index (χ2v) is 11.1. The first-order valence-corrected chi connectivity index (χ1v) is 14.4. The van der Waals surface area contributed by atoms with Crippen LogP contribution in [0, 0.1) is 12.8 Å². The molecular formula is C31H39N5O5. The van der Waals surface area contributed by atoms with Crippen LogP contribution < -0.4 is 10.1 Å². The fraction of sp³-hybridized carbons (Fsp3) is 0.484. The Kier molecular flexibility index (Phi) is 9.31. The zero-order valence-electron chi connectivity index (χ0n) is 23.8. The average Bonchev–Trinajstić information content (AvgIpc) is 3.50. The summed E-state index contributed by atoms with van der Waals surface area (Å²) >= 11 is 0. The Morgan fingerprint density at radius 3 is 2.80 bits per heavy atom. The number of pyridine rings is 1. The third-order valence-corrected chi connectivity index (χ3v) is 8.17. The summed E-state index contributed by atoms with van der Waals surface area (Å²) in [4.78, 5) is 36.9. The second-order valence-electron chi connectivity index (χ2n) is 11.1. The van der Waals surface area contributed by atoms with Gasteiger partial charge in [0.1, 0.15) is 12.4 Å². The maximum Gasteiger partial charge on any atom is 0.251 e. The molecule has 1 atom stereocenters. The molecule has 0 radical (unpaired) electrons. The van der Waals surface area contributed by atoms with Gasteiger partial charge in [-0.05, 0) is 73.4 Å². The van der Waals surface area contributed by atoms with E-state index in [4.69, 9.17) is 9.15 Å². The number of oxazole rings is 1. The summed E-state index contributed by atoms with van der Waals surface area (Å²) in [7, 11) is 0. The smallest absolute Gasteiger partial charge is 0.251 e. The first-order chi connectivity index (χ1) is 19.9. The summed E-state index contributed by atoms with van der Waals surface area (Å²) in [5.74, 6) is 1.89. The molecule has 1 aromatic carbocycles. The summed E-state index contributed by atoms with van der Waals surface area (Å²) < 4.78 is 11.2. The molecule has 10 heteroatoms. The highest BCUT2D eigenvalue weighted by Gasteiger charge is 2.23. The molecule has 0 unspecified atom stereocenters. The fourth-order valence-corrected chi connectivity index (χ4v) is 5.81. The van der Waals surface area contributed by atoms with Crippen LogP contribution in [0.15, 0.2) is 47.5 Å². The number of amides is 2. The number of hydrogen-bond acceptors (Lipinski definition) is 8. The molecule has 218 valence electrons. The minimum absolute atomic E-state index is 0.127. The number of benzene rings is 1. The molecule has 10 nitrogen and oxygen atoms in total. The van der Waals surface area contributed by atoms with E-state index in [-0.39, 0.29) is 18.4 Å². The summed E-state index contributed by atoms with van der Waals surface area (Å²) in [6.45, 7) is 7.80. The van der Waals surface area contributed by atoms with E-state index in [0.29, 0.717) is 30.4 Å². The number of carbonyl (C=O) groups is 2. The minimum Gasteiger partial charge on any atom is -0.485 e. The van der Waals surface area contributed by atoms with Crippen LogP contribution in [-0.2, 0) is 30.8 Å². The number of nitrogens with zero attached hydrogens (tertiary/aromatic N) is 4. The van der Waals surface area contributed by atoms with Gasteiger partial charge in [-0.1, -0.05) is 6.07 Å². The number of nitrogens with one attached hydrogen (secondary N) is 1. The predicted octanol–water partition coefficient (Wildman–Crippen LogP) is 2.91. The van der Waals surface area contributed by atoms with Crippen molar-refractivity contribution < 1.29 is 23.8 Å². The molecule has 0 spiro atoms. The predicted molar refractivity (Wildman–Crippen MR) is 152 cm³/mol. The van der Waals surface area contributed by atoms with Crippen molar-refractivity contribution in [2.24, 2.45) is 5.92 Å². The van der Waals surface area contributed by atoms with Gasteiger partial charge in [0, 0.05) is 63.6 Å². The maximum atomic E-state index is 12.8. The van der Waals surface area contributed by atoms with Crippen LogP contribution in [0.25, 0.3) is 0 Å². The topological polar surface area (TPSA) is 121 Å². The lowest BCUT2D eigenvalue weighted by molar-refractivity contribution is -0.130. The Morgan fingerprint density at radius 2 is 2.05 bits per heavy atom. The molecule has 2 amide bonds. The molecule has 2 aliphatic heterocycles. The molecule has 3 aromatic rings. The molecule has 2 aromatic heterocycles. The van der Waals surface area contributed by atoms with E-state index in [2.05, 4.69) is 33.2 Å². The largest absolute Gasteiger partial charge is 0.485 e. The molecule has 41 heavy (non-hydrogen) atoms. The fourth-order valence-electron chi connectivity index (χ4n) is 5.81. The maximum absolute atomic E-state index is 12.8. The quantitative estimate of drug-likeness (QED) is 0.388. The van der Waals surface area contributed by atoms with Gasteiger partial charge in [0.2, 0.25) is 5.91 Å². The first-order valence-electron chi connectivity index (χ1n) is 14.4. The SMILES string of the molecule is CC(=O)N1CCC(Cc2cc(C(=O)NC[C@H](O)CN3CCc4c(ccc(OCc5cnco5)c4C)C3)ccn2)CC1. The van der Waals surface area contributed by atoms with Crippen molar-refractivity contribution in [3.63, 3.8) is 0 Å². The minimum atomic E-state index is -0.682. The van der Waals surface area contributed by atoms with Crippen molar-refractivity contribution in [3.8, 4) is 5.75 Å². The summed E-state index contributed by atoms with van der Waals surface area (Å²) in [5.41, 5.74) is 5.08. The number of aliphatic hydroxyl groups excluding tert-OH is 1. The van der Waals surface area contributed by atoms with E-state index in [0.717, 1.165) is 68.9 Å². The van der Waals surface area contributed by atoms with Gasteiger partial charge in [-0.2, -0.15) is 0 Å². The Balaban J connectivity index is 1.07. The average molecular weight is 562 g/mol. The molecule has 5 rings (SSSR count). The molecule has 0 saturated carbocycles. The van der Waals surface area contributed by atoms with Crippen LogP contribution >= 0.6 is 0 Å². The third-order valence-electron chi connectivity index (χ3n) is 8.17. The summed E-state index contributed by atoms with van der Waals surface area (Å²) in [6.07, 6.45) is 7.59. The molecule has 0 bridgehead atoms. The van der Waals surface area contributed by atoms with Gasteiger partial charge in [0.15, 0.2) is 12.2 Å². The summed E-state index contributed by atoms with van der Waals surface area (Å²) in [6, 6.07) is 7.62. The number of rotatable bonds is 10. The van der Waals surface area contributed by atoms with Crippen molar-refractivity contribution in [2.45, 2.75) is 58.8 Å². The van der Waals surface area contributed by atoms with Gasteiger partial charge in [-0.25, -0.2) is 4.98 Å². The monoisotopic (exact) mass is 561 g/mol. The Labute approximate surface area is 240 Å². The zero-order chi connectivity index (χ0) is 28.8. The van der Waals surface area contributed by atoms with Crippen molar-refractivity contribution in [1.82, 2.24) is 25.1 Å². The van der Waals surface area contributed by atoms with E-state index in [1.54, 1.807) is 25.4 Å². The molecule has 1 fully saturated rings. The number of carbonyl (C=O) groups excluding carboxylic acids is 2. The van der Waals surface area contributed by atoms with Gasteiger partial charge >= 0.3 is 0 Å². The lowest BCUT2D eigenvalue weighted by Crippen LogP contribution is -2.42. The van der Waals surface area contributed by atoms with Crippen LogP contribution in [0.3, 0.4) is 0 Å². The van der Waals surface area contributed by atoms with E-state index >= 15 is 0 Å². The molecule has 4 heterocycles. The van der Waals surface area contributed by atoms with Crippen LogP contribution in [0.1, 0.15) is 58.3 Å². The van der Waals surface area contributed by atoms with Crippen molar-refractivity contribution in [3.05, 3.63) is 76.8 Å². The molecular weight excluding hydrogens is 522 g/mol. The number of piperidine rings is 1. The van der Waals surface area contributed by atoms with Crippen LogP contribution in [0.4, 0.5) is 0 Å². The molecule has 2 aliphatic rings. The summed E-state index contributed by atoms with van der Waals surface area (Å²) in [5, 5.41) is 13.6. The highest BCUT2D eigenvalue weighted by molar-refractivity contribution is 5.94. The van der Waals surface area contributed by atoms with E-state index < -0.39 is 6.10 Å². The zero-order valence-corrected chi connectivity index (χ0v) is 23.8. The van der Waals surface area contributed by atoms with E-state index in [1.807, 2.05) is 17.0 Å². The lowest BCUT2D eigenvalue weighted by atomic mass is 9.91. The normalized spacial score (nSPS) is 16.7. The first kappa shape index (κ1) is 28.8. The second kappa shape index (κ2) is 13.3. The number of hydrogen-bond donors (Lipinski definition) is 2. The standard InChI is InChI=1S/C31H39N5O5/c1-21-29-8-10-35(17-25(29)3-4-30(21)40-19-28-16-32-20-41-28)18-27(38)15-34-31(39)24-5-9-33-26(14-24)13-23-6-11-36(12-7-23)22(2)37/h3-5,9,14,16,20,23,27,38H,6-8,10-13,15,17-19H2,1-2H3,(H,34,39)/t27-/m0/s1. The van der Waals surface area contributed by atoms with E-state index in [9.17, 15) is 14.7 Å². The van der Waals surface area contributed by atoms with Crippen LogP contribution in [-0.4, -0.2) is 75.5 Å². The Bertz CT molecular complexity index is 1340. The number of aliphatic hydroxyl groups is 1. The Morgan fingerprint density at radius 1 is 1.22 bits per heavy atom. The highest BCUT2D eigenvalue weighted by Crippen LogP contribution is 2.30.